The molecule has 0 aliphatic carbocycles. The van der Waals surface area contributed by atoms with Crippen LogP contribution in [0.25, 0.3) is 0 Å². The summed E-state index contributed by atoms with van der Waals surface area (Å²) in [6.07, 6.45) is -0.194. The number of hydrogen-bond donors (Lipinski definition) is 1. The summed E-state index contributed by atoms with van der Waals surface area (Å²) in [4.78, 5) is 12.2. The minimum Gasteiger partial charge on any atom is -0.481 e. The molecule has 6 heteroatoms. The second-order valence-corrected chi connectivity index (χ2v) is 8.79. The van der Waals surface area contributed by atoms with Crippen molar-refractivity contribution in [1.29, 1.82) is 0 Å². The fourth-order valence-corrected chi connectivity index (χ4v) is 4.37. The largest absolute Gasteiger partial charge is 0.481 e. The molecular formula is C17H25NO4S. The van der Waals surface area contributed by atoms with Gasteiger partial charge in [-0.15, -0.1) is 0 Å². The summed E-state index contributed by atoms with van der Waals surface area (Å²) in [5.74, 6) is 0.890. The minimum absolute atomic E-state index is 0.0210. The molecule has 0 bridgehead atoms. The first-order valence-electron chi connectivity index (χ1n) is 7.96. The summed E-state index contributed by atoms with van der Waals surface area (Å²) in [6.45, 7) is 7.81. The van der Waals surface area contributed by atoms with Crippen molar-refractivity contribution >= 4 is 15.7 Å². The number of aryl methyl sites for hydroxylation is 1. The van der Waals surface area contributed by atoms with E-state index in [9.17, 15) is 13.2 Å². The highest BCUT2D eigenvalue weighted by Gasteiger charge is 2.30. The van der Waals surface area contributed by atoms with E-state index in [1.54, 1.807) is 6.92 Å². The lowest BCUT2D eigenvalue weighted by molar-refractivity contribution is -0.127. The van der Waals surface area contributed by atoms with Crippen molar-refractivity contribution < 1.29 is 17.9 Å². The maximum Gasteiger partial charge on any atom is 0.261 e. The van der Waals surface area contributed by atoms with Crippen molar-refractivity contribution in [1.82, 2.24) is 5.32 Å². The maximum absolute atomic E-state index is 12.2. The van der Waals surface area contributed by atoms with Crippen LogP contribution < -0.4 is 10.1 Å². The molecule has 1 fully saturated rings. The molecular weight excluding hydrogens is 314 g/mol. The van der Waals surface area contributed by atoms with Gasteiger partial charge in [0, 0.05) is 6.04 Å². The summed E-state index contributed by atoms with van der Waals surface area (Å²) in [6, 6.07) is 5.67. The van der Waals surface area contributed by atoms with E-state index in [1.807, 2.05) is 25.1 Å². The van der Waals surface area contributed by atoms with Gasteiger partial charge >= 0.3 is 0 Å². The van der Waals surface area contributed by atoms with Crippen molar-refractivity contribution in [3.8, 4) is 5.75 Å². The van der Waals surface area contributed by atoms with E-state index < -0.39 is 15.9 Å². The second-order valence-electron chi connectivity index (χ2n) is 6.56. The number of sulfone groups is 1. The molecule has 0 radical (unpaired) electrons. The van der Waals surface area contributed by atoms with Gasteiger partial charge in [-0.25, -0.2) is 8.42 Å². The maximum atomic E-state index is 12.2. The zero-order valence-electron chi connectivity index (χ0n) is 14.1. The van der Waals surface area contributed by atoms with Gasteiger partial charge in [0.05, 0.1) is 11.5 Å². The molecule has 1 aromatic rings. The Hall–Kier alpha value is -1.56. The molecule has 1 saturated heterocycles. The van der Waals surface area contributed by atoms with Crippen molar-refractivity contribution in [3.05, 3.63) is 29.3 Å². The van der Waals surface area contributed by atoms with Crippen LogP contribution in [0.5, 0.6) is 5.75 Å². The van der Waals surface area contributed by atoms with Crippen LogP contribution in [0.2, 0.25) is 0 Å². The Morgan fingerprint density at radius 3 is 2.57 bits per heavy atom. The molecule has 128 valence electrons. The normalized spacial score (nSPS) is 21.2. The molecule has 1 aliphatic rings. The highest BCUT2D eigenvalue weighted by molar-refractivity contribution is 7.91. The highest BCUT2D eigenvalue weighted by atomic mass is 32.2. The Kier molecular flexibility index (Phi) is 5.34. The molecule has 0 saturated carbocycles. The predicted octanol–water partition coefficient (Wildman–Crippen LogP) is 2.19. The third-order valence-electron chi connectivity index (χ3n) is 4.04. The van der Waals surface area contributed by atoms with Gasteiger partial charge < -0.3 is 10.1 Å². The van der Waals surface area contributed by atoms with Crippen molar-refractivity contribution in [3.63, 3.8) is 0 Å². The third kappa shape index (κ3) is 4.70. The van der Waals surface area contributed by atoms with E-state index in [0.29, 0.717) is 18.1 Å². The van der Waals surface area contributed by atoms with Crippen LogP contribution in [0.15, 0.2) is 18.2 Å². The predicted molar refractivity (Wildman–Crippen MR) is 90.6 cm³/mol. The number of ether oxygens (including phenoxy) is 1. The first kappa shape index (κ1) is 17.8. The Morgan fingerprint density at radius 2 is 2.00 bits per heavy atom. The molecule has 0 aromatic heterocycles. The number of nitrogens with one attached hydrogen (secondary N) is 1. The van der Waals surface area contributed by atoms with Crippen LogP contribution in [0.4, 0.5) is 0 Å². The number of amides is 1. The van der Waals surface area contributed by atoms with E-state index in [4.69, 9.17) is 4.74 Å². The molecule has 2 unspecified atom stereocenters. The Balaban J connectivity index is 2.03. The zero-order valence-corrected chi connectivity index (χ0v) is 14.9. The highest BCUT2D eigenvalue weighted by Crippen LogP contribution is 2.28. The van der Waals surface area contributed by atoms with E-state index in [-0.39, 0.29) is 23.5 Å². The Morgan fingerprint density at radius 1 is 1.30 bits per heavy atom. The summed E-state index contributed by atoms with van der Waals surface area (Å²) in [7, 11) is -3.00. The van der Waals surface area contributed by atoms with Gasteiger partial charge in [0.25, 0.3) is 5.91 Å². The number of rotatable bonds is 5. The van der Waals surface area contributed by atoms with Gasteiger partial charge in [0.2, 0.25) is 0 Å². The van der Waals surface area contributed by atoms with Crippen LogP contribution in [-0.2, 0) is 14.6 Å². The van der Waals surface area contributed by atoms with E-state index in [0.717, 1.165) is 11.1 Å². The monoisotopic (exact) mass is 339 g/mol. The number of carbonyl (C=O) groups is 1. The van der Waals surface area contributed by atoms with Crippen LogP contribution in [-0.4, -0.2) is 38.0 Å². The fraction of sp³-hybridized carbons (Fsp3) is 0.588. The molecule has 1 N–H and O–H groups in total. The van der Waals surface area contributed by atoms with Gasteiger partial charge in [0.15, 0.2) is 15.9 Å². The van der Waals surface area contributed by atoms with E-state index in [2.05, 4.69) is 19.2 Å². The minimum atomic E-state index is -3.00. The van der Waals surface area contributed by atoms with Crippen molar-refractivity contribution in [2.24, 2.45) is 0 Å². The molecule has 1 heterocycles. The lowest BCUT2D eigenvalue weighted by Crippen LogP contribution is -2.43. The topological polar surface area (TPSA) is 72.5 Å². The summed E-state index contributed by atoms with van der Waals surface area (Å²) >= 11 is 0. The third-order valence-corrected chi connectivity index (χ3v) is 5.81. The van der Waals surface area contributed by atoms with Crippen LogP contribution in [0, 0.1) is 6.92 Å². The fourth-order valence-electron chi connectivity index (χ4n) is 2.69. The van der Waals surface area contributed by atoms with Gasteiger partial charge in [-0.05, 0) is 43.4 Å². The Labute approximate surface area is 138 Å². The van der Waals surface area contributed by atoms with Crippen molar-refractivity contribution in [2.75, 3.05) is 11.5 Å². The van der Waals surface area contributed by atoms with E-state index >= 15 is 0 Å². The summed E-state index contributed by atoms with van der Waals surface area (Å²) < 4.78 is 28.8. The quantitative estimate of drug-likeness (QED) is 0.892. The summed E-state index contributed by atoms with van der Waals surface area (Å²) in [5.41, 5.74) is 2.12. The lowest BCUT2D eigenvalue weighted by Gasteiger charge is -2.20. The Bertz CT molecular complexity index is 682. The van der Waals surface area contributed by atoms with Gasteiger partial charge in [-0.3, -0.25) is 4.79 Å². The SMILES string of the molecule is Cc1ccc(C(C)C)c(OC(C)C(=O)NC2CCS(=O)(=O)C2)c1. The standard InChI is InChI=1S/C17H25NO4S/c1-11(2)15-6-5-12(3)9-16(15)22-13(4)17(19)18-14-7-8-23(20,21)10-14/h5-6,9,11,13-14H,7-8,10H2,1-4H3,(H,18,19). The average Bonchev–Trinajstić information content (AvgIpc) is 2.77. The molecule has 1 aliphatic heterocycles. The van der Waals surface area contributed by atoms with Gasteiger partial charge in [-0.1, -0.05) is 26.0 Å². The number of benzene rings is 1. The lowest BCUT2D eigenvalue weighted by atomic mass is 10.0. The molecule has 1 amide bonds. The first-order valence-corrected chi connectivity index (χ1v) is 9.78. The molecule has 2 atom stereocenters. The first-order chi connectivity index (χ1) is 10.7. The number of carbonyl (C=O) groups excluding carboxylic acids is 1. The second kappa shape index (κ2) is 6.91. The van der Waals surface area contributed by atoms with Crippen molar-refractivity contribution in [2.45, 2.75) is 52.2 Å². The molecule has 23 heavy (non-hydrogen) atoms. The van der Waals surface area contributed by atoms with Crippen LogP contribution >= 0.6 is 0 Å². The van der Waals surface area contributed by atoms with E-state index in [1.165, 1.54) is 0 Å². The molecule has 5 nitrogen and oxygen atoms in total. The average molecular weight is 339 g/mol. The smallest absolute Gasteiger partial charge is 0.261 e. The summed E-state index contributed by atoms with van der Waals surface area (Å²) in [5, 5.41) is 2.77. The van der Waals surface area contributed by atoms with Crippen LogP contribution in [0.1, 0.15) is 44.2 Å². The molecule has 1 aromatic carbocycles. The molecule has 2 rings (SSSR count). The zero-order chi connectivity index (χ0) is 17.2. The molecule has 0 spiro atoms. The van der Waals surface area contributed by atoms with Gasteiger partial charge in [0.1, 0.15) is 5.75 Å². The van der Waals surface area contributed by atoms with Crippen LogP contribution in [0.3, 0.4) is 0 Å². The van der Waals surface area contributed by atoms with Gasteiger partial charge in [-0.2, -0.15) is 0 Å². The number of hydrogen-bond acceptors (Lipinski definition) is 4.